The van der Waals surface area contributed by atoms with Gasteiger partial charge in [0, 0.05) is 74.7 Å². The fourth-order valence-electron chi connectivity index (χ4n) is 7.36. The minimum atomic E-state index is -1.32. The van der Waals surface area contributed by atoms with Gasteiger partial charge in [0.25, 0.3) is 0 Å². The first-order valence-electron chi connectivity index (χ1n) is 21.3. The second kappa shape index (κ2) is 23.7. The van der Waals surface area contributed by atoms with Crippen LogP contribution in [0.3, 0.4) is 0 Å². The summed E-state index contributed by atoms with van der Waals surface area (Å²) in [5, 5.41) is 19.8. The summed E-state index contributed by atoms with van der Waals surface area (Å²) in [5.74, 6) is -5.45. The highest BCUT2D eigenvalue weighted by Crippen LogP contribution is 2.20. The predicted octanol–water partition coefficient (Wildman–Crippen LogP) is -1.21. The van der Waals surface area contributed by atoms with Crippen LogP contribution < -0.4 is 48.7 Å². The van der Waals surface area contributed by atoms with E-state index in [1.54, 1.807) is 36.5 Å². The maximum Gasteiger partial charge on any atom is 0.243 e. The number of fused-ring (bicyclic) bond motifs is 1. The van der Waals surface area contributed by atoms with Crippen LogP contribution in [-0.4, -0.2) is 117 Å². The highest BCUT2D eigenvalue weighted by molar-refractivity contribution is 5.98. The molecule has 21 nitrogen and oxygen atoms in total. The molecule has 0 saturated carbocycles. The number of imidazole rings is 1. The molecule has 65 heavy (non-hydrogen) atoms. The topological polar surface area (TPSA) is 330 Å². The molecule has 21 heteroatoms. The normalized spacial score (nSPS) is 22.1. The van der Waals surface area contributed by atoms with Gasteiger partial charge in [0.2, 0.25) is 41.4 Å². The largest absolute Gasteiger partial charge is 0.370 e. The Morgan fingerprint density at radius 3 is 2.05 bits per heavy atom. The van der Waals surface area contributed by atoms with Gasteiger partial charge in [-0.1, -0.05) is 48.5 Å². The van der Waals surface area contributed by atoms with Crippen molar-refractivity contribution in [3.8, 4) is 0 Å². The minimum absolute atomic E-state index is 0.0178. The average Bonchev–Trinajstić information content (AvgIpc) is 3.94. The number of amides is 7. The van der Waals surface area contributed by atoms with Gasteiger partial charge in [-0.25, -0.2) is 4.98 Å². The summed E-state index contributed by atoms with van der Waals surface area (Å²) in [6.07, 6.45) is 4.18. The predicted molar refractivity (Wildman–Crippen MR) is 239 cm³/mol. The van der Waals surface area contributed by atoms with E-state index in [2.05, 4.69) is 57.2 Å². The third-order valence-corrected chi connectivity index (χ3v) is 10.8. The summed E-state index contributed by atoms with van der Waals surface area (Å²) in [5.41, 5.74) is 13.7. The smallest absolute Gasteiger partial charge is 0.243 e. The van der Waals surface area contributed by atoms with E-state index in [1.807, 2.05) is 24.3 Å². The molecule has 7 amide bonds. The quantitative estimate of drug-likeness (QED) is 0.0456. The number of aromatic nitrogens is 3. The van der Waals surface area contributed by atoms with Gasteiger partial charge in [0.1, 0.15) is 30.2 Å². The van der Waals surface area contributed by atoms with E-state index >= 15 is 0 Å². The van der Waals surface area contributed by atoms with E-state index in [4.69, 9.17) is 11.5 Å². The standard InChI is InChI=1S/C44H57N13O8/c1-25(58)31-14-15-38(60)48-18-16-34(52-26(2)59)40(62)57-37(21-29-23-47-24-51-29)43(65)55-35(19-27-9-4-3-5-10-27)41(63)54-33(13-8-17-49-44(45)46)39(61)56-36(42(64)53-31)20-28-22-50-32-12-7-6-11-30(28)32/h3-7,9-12,22-24,31,33-37,50H,8,13-21H2,1-2H3,(H,47,51)(H,48,60)(H,52,59)(H,53,64)(H,54,63)(H,55,65)(H,56,61)(H,57,62)(H4,45,46,49)/t31-,33-,34-,35+,36-,37-/m0/s1. The van der Waals surface area contributed by atoms with E-state index in [9.17, 15) is 38.4 Å². The molecule has 1 aliphatic rings. The summed E-state index contributed by atoms with van der Waals surface area (Å²) in [7, 11) is 0. The fraction of sp³-hybridized carbons (Fsp3) is 0.409. The molecule has 0 spiro atoms. The first-order chi connectivity index (χ1) is 31.2. The zero-order valence-corrected chi connectivity index (χ0v) is 36.3. The number of nitrogens with zero attached hydrogens (tertiary/aromatic N) is 2. The molecule has 13 N–H and O–H groups in total. The number of aromatic amines is 2. The molecule has 0 aliphatic carbocycles. The molecule has 1 saturated heterocycles. The average molecular weight is 896 g/mol. The molecule has 0 bridgehead atoms. The van der Waals surface area contributed by atoms with Crippen LogP contribution in [0.15, 0.2) is 78.3 Å². The number of hydrogen-bond donors (Lipinski definition) is 11. The maximum atomic E-state index is 14.5. The van der Waals surface area contributed by atoms with Gasteiger partial charge in [0.15, 0.2) is 11.7 Å². The number of H-pyrrole nitrogens is 2. The lowest BCUT2D eigenvalue weighted by Gasteiger charge is -2.28. The van der Waals surface area contributed by atoms with Crippen LogP contribution in [0.5, 0.6) is 0 Å². The molecule has 6 atom stereocenters. The third kappa shape index (κ3) is 15.0. The van der Waals surface area contributed by atoms with E-state index in [1.165, 1.54) is 26.4 Å². The summed E-state index contributed by atoms with van der Waals surface area (Å²) in [4.78, 5) is 124. The molecule has 5 rings (SSSR count). The number of nitrogens with two attached hydrogens (primary N) is 2. The molecule has 2 aromatic carbocycles. The summed E-state index contributed by atoms with van der Waals surface area (Å²) < 4.78 is 0. The number of rotatable bonds is 12. The van der Waals surface area contributed by atoms with Crippen LogP contribution in [0.25, 0.3) is 10.9 Å². The van der Waals surface area contributed by atoms with Gasteiger partial charge in [-0.3, -0.25) is 43.3 Å². The Kier molecular flexibility index (Phi) is 17.7. The number of nitrogens with one attached hydrogen (secondary N) is 9. The van der Waals surface area contributed by atoms with Gasteiger partial charge in [-0.15, -0.1) is 0 Å². The molecule has 4 aromatic rings. The van der Waals surface area contributed by atoms with Crippen LogP contribution in [-0.2, 0) is 57.6 Å². The van der Waals surface area contributed by atoms with Crippen molar-refractivity contribution in [2.24, 2.45) is 16.5 Å². The van der Waals surface area contributed by atoms with Crippen LogP contribution in [0.1, 0.15) is 62.8 Å². The highest BCUT2D eigenvalue weighted by atomic mass is 16.2. The first-order valence-corrected chi connectivity index (χ1v) is 21.3. The zero-order valence-electron chi connectivity index (χ0n) is 36.3. The van der Waals surface area contributed by atoms with E-state index in [-0.39, 0.29) is 70.4 Å². The zero-order chi connectivity index (χ0) is 46.9. The molecular formula is C44H57N13O8. The van der Waals surface area contributed by atoms with Gasteiger partial charge >= 0.3 is 0 Å². The number of carbonyl (C=O) groups is 8. The van der Waals surface area contributed by atoms with Crippen molar-refractivity contribution in [3.05, 3.63) is 90.1 Å². The van der Waals surface area contributed by atoms with Crippen molar-refractivity contribution in [1.82, 2.24) is 52.2 Å². The number of Topliss-reactive ketones (excluding diaryl/α,β-unsaturated/α-hetero) is 1. The Hall–Kier alpha value is -7.58. The van der Waals surface area contributed by atoms with Gasteiger partial charge in [-0.2, -0.15) is 0 Å². The summed E-state index contributed by atoms with van der Waals surface area (Å²) in [6.45, 7) is 2.48. The molecule has 0 unspecified atom stereocenters. The van der Waals surface area contributed by atoms with E-state index < -0.39 is 83.4 Å². The second-order valence-electron chi connectivity index (χ2n) is 15.8. The van der Waals surface area contributed by atoms with Crippen molar-refractivity contribution in [2.75, 3.05) is 13.1 Å². The number of guanidine groups is 1. The molecule has 346 valence electrons. The monoisotopic (exact) mass is 895 g/mol. The Bertz CT molecular complexity index is 2330. The first kappa shape index (κ1) is 48.5. The van der Waals surface area contributed by atoms with Crippen molar-refractivity contribution in [3.63, 3.8) is 0 Å². The highest BCUT2D eigenvalue weighted by Gasteiger charge is 2.34. The third-order valence-electron chi connectivity index (χ3n) is 10.8. The molecule has 1 fully saturated rings. The number of carbonyl (C=O) groups excluding carboxylic acids is 8. The van der Waals surface area contributed by atoms with Gasteiger partial charge in [-0.05, 0) is 49.8 Å². The number of aliphatic imine (C=N–C) groups is 1. The van der Waals surface area contributed by atoms with Crippen LogP contribution in [0.4, 0.5) is 0 Å². The Balaban J connectivity index is 1.54. The minimum Gasteiger partial charge on any atom is -0.370 e. The van der Waals surface area contributed by atoms with Crippen LogP contribution >= 0.6 is 0 Å². The summed E-state index contributed by atoms with van der Waals surface area (Å²) >= 11 is 0. The second-order valence-corrected chi connectivity index (χ2v) is 15.8. The Labute approximate surface area is 374 Å². The fourth-order valence-corrected chi connectivity index (χ4v) is 7.36. The lowest BCUT2D eigenvalue weighted by atomic mass is 10.0. The number of hydrogen-bond acceptors (Lipinski definition) is 10. The van der Waals surface area contributed by atoms with Crippen molar-refractivity contribution < 1.29 is 38.4 Å². The van der Waals surface area contributed by atoms with Crippen molar-refractivity contribution >= 4 is 64.0 Å². The lowest BCUT2D eigenvalue weighted by molar-refractivity contribution is -0.135. The molecular weight excluding hydrogens is 839 g/mol. The van der Waals surface area contributed by atoms with Crippen molar-refractivity contribution in [1.29, 1.82) is 0 Å². The molecule has 2 aromatic heterocycles. The molecule has 0 radical (unpaired) electrons. The number of para-hydroxylation sites is 1. The number of benzene rings is 2. The van der Waals surface area contributed by atoms with Crippen LogP contribution in [0.2, 0.25) is 0 Å². The van der Waals surface area contributed by atoms with E-state index in [0.29, 0.717) is 16.8 Å². The van der Waals surface area contributed by atoms with Gasteiger partial charge < -0.3 is 58.7 Å². The SMILES string of the molecule is CC(=O)N[C@H]1CCNC(=O)CC[C@@H](C(C)=O)NC(=O)[C@H](Cc2c[nH]c3ccccc23)NC(=O)[C@H](CCCN=C(N)N)NC(=O)[C@@H](Cc2ccccc2)NC(=O)[C@H](Cc2cnc[nH]2)NC1=O. The molecule has 3 heterocycles. The maximum absolute atomic E-state index is 14.5. The van der Waals surface area contributed by atoms with Gasteiger partial charge in [0.05, 0.1) is 12.4 Å². The van der Waals surface area contributed by atoms with E-state index in [0.717, 1.165) is 10.9 Å². The number of ketones is 1. The Morgan fingerprint density at radius 1 is 0.738 bits per heavy atom. The summed E-state index contributed by atoms with van der Waals surface area (Å²) in [6, 6.07) is 8.61. The molecule has 1 aliphatic heterocycles. The van der Waals surface area contributed by atoms with Crippen molar-refractivity contribution in [2.45, 2.75) is 101 Å². The lowest BCUT2D eigenvalue weighted by Crippen LogP contribution is -2.60. The van der Waals surface area contributed by atoms with Crippen LogP contribution in [0, 0.1) is 0 Å². The Morgan fingerprint density at radius 2 is 1.37 bits per heavy atom.